The summed E-state index contributed by atoms with van der Waals surface area (Å²) in [6.45, 7) is 0. The lowest BCUT2D eigenvalue weighted by atomic mass is 10.1. The van der Waals surface area contributed by atoms with Crippen LogP contribution in [-0.4, -0.2) is 22.8 Å². The molecule has 0 aromatic carbocycles. The van der Waals surface area contributed by atoms with Crippen LogP contribution < -0.4 is 10.6 Å². The van der Waals surface area contributed by atoms with Crippen molar-refractivity contribution in [2.75, 3.05) is 5.32 Å². The number of nitrogens with zero attached hydrogens (tertiary/aromatic N) is 1. The summed E-state index contributed by atoms with van der Waals surface area (Å²) in [7, 11) is 0. The van der Waals surface area contributed by atoms with Crippen molar-refractivity contribution in [3.8, 4) is 0 Å². The van der Waals surface area contributed by atoms with E-state index in [0.29, 0.717) is 28.2 Å². The molecule has 2 heterocycles. The maximum absolute atomic E-state index is 11.5. The first kappa shape index (κ1) is 12.3. The quantitative estimate of drug-likeness (QED) is 0.815. The van der Waals surface area contributed by atoms with E-state index in [1.165, 1.54) is 6.20 Å². The number of imide groups is 1. The first-order chi connectivity index (χ1) is 8.06. The lowest BCUT2D eigenvalue weighted by molar-refractivity contribution is -0.133. The summed E-state index contributed by atoms with van der Waals surface area (Å²) in [6.07, 6.45) is 2.27. The third kappa shape index (κ3) is 2.95. The summed E-state index contributed by atoms with van der Waals surface area (Å²) >= 11 is 9.06. The Labute approximate surface area is 111 Å². The van der Waals surface area contributed by atoms with Crippen molar-refractivity contribution in [1.29, 1.82) is 0 Å². The van der Waals surface area contributed by atoms with Gasteiger partial charge < -0.3 is 5.32 Å². The molecule has 2 N–H and O–H groups in total. The van der Waals surface area contributed by atoms with Crippen molar-refractivity contribution in [3.63, 3.8) is 0 Å². The zero-order chi connectivity index (χ0) is 12.4. The SMILES string of the molecule is O=C1CCC(Nc2ncc(Cl)cc2Br)C(=O)N1. The number of hydrogen-bond acceptors (Lipinski definition) is 4. The standard InChI is InChI=1S/C10H9BrClN3O2/c11-6-3-5(12)4-13-9(6)14-7-1-2-8(16)15-10(7)17/h3-4,7H,1-2H2,(H,13,14)(H,15,16,17). The van der Waals surface area contributed by atoms with Gasteiger partial charge in [0.15, 0.2) is 0 Å². The minimum absolute atomic E-state index is 0.240. The maximum Gasteiger partial charge on any atom is 0.249 e. The van der Waals surface area contributed by atoms with E-state index in [-0.39, 0.29) is 11.8 Å². The molecule has 0 spiro atoms. The number of pyridine rings is 1. The van der Waals surface area contributed by atoms with Gasteiger partial charge in [-0.1, -0.05) is 11.6 Å². The second-order valence-electron chi connectivity index (χ2n) is 3.63. The number of carbonyl (C=O) groups is 2. The van der Waals surface area contributed by atoms with Crippen LogP contribution in [0, 0.1) is 0 Å². The average Bonchev–Trinajstić information content (AvgIpc) is 2.25. The number of nitrogens with one attached hydrogen (secondary N) is 2. The van der Waals surface area contributed by atoms with E-state index < -0.39 is 6.04 Å². The Balaban J connectivity index is 2.10. The fraction of sp³-hybridized carbons (Fsp3) is 0.300. The molecule has 0 radical (unpaired) electrons. The van der Waals surface area contributed by atoms with Crippen LogP contribution in [-0.2, 0) is 9.59 Å². The molecule has 1 atom stereocenters. The van der Waals surface area contributed by atoms with Gasteiger partial charge in [-0.3, -0.25) is 14.9 Å². The summed E-state index contributed by atoms with van der Waals surface area (Å²) in [4.78, 5) is 26.6. The predicted molar refractivity (Wildman–Crippen MR) is 66.7 cm³/mol. The average molecular weight is 319 g/mol. The number of halogens is 2. The van der Waals surface area contributed by atoms with Gasteiger partial charge in [0.2, 0.25) is 11.8 Å². The molecule has 1 saturated heterocycles. The Bertz CT molecular complexity index is 481. The number of carbonyl (C=O) groups excluding carboxylic acids is 2. The smallest absolute Gasteiger partial charge is 0.249 e. The fourth-order valence-electron chi connectivity index (χ4n) is 1.52. The topological polar surface area (TPSA) is 71.1 Å². The molecule has 17 heavy (non-hydrogen) atoms. The molecule has 0 bridgehead atoms. The zero-order valence-electron chi connectivity index (χ0n) is 8.67. The van der Waals surface area contributed by atoms with Gasteiger partial charge in [-0.15, -0.1) is 0 Å². The van der Waals surface area contributed by atoms with Crippen LogP contribution in [0.4, 0.5) is 5.82 Å². The second kappa shape index (κ2) is 5.01. The summed E-state index contributed by atoms with van der Waals surface area (Å²) in [5, 5.41) is 5.74. The second-order valence-corrected chi connectivity index (χ2v) is 4.92. The number of anilines is 1. The van der Waals surface area contributed by atoms with Gasteiger partial charge in [0.05, 0.1) is 9.50 Å². The Kier molecular flexibility index (Phi) is 3.63. The van der Waals surface area contributed by atoms with Crippen LogP contribution in [0.5, 0.6) is 0 Å². The van der Waals surface area contributed by atoms with E-state index in [9.17, 15) is 9.59 Å². The fourth-order valence-corrected chi connectivity index (χ4v) is 2.27. The molecular formula is C10H9BrClN3O2. The van der Waals surface area contributed by atoms with Crippen molar-refractivity contribution in [1.82, 2.24) is 10.3 Å². The molecule has 1 aromatic heterocycles. The van der Waals surface area contributed by atoms with E-state index in [2.05, 4.69) is 31.5 Å². The van der Waals surface area contributed by atoms with Gasteiger partial charge in [-0.05, 0) is 28.4 Å². The Morgan fingerprint density at radius 2 is 2.29 bits per heavy atom. The first-order valence-electron chi connectivity index (χ1n) is 4.97. The normalized spacial score (nSPS) is 20.0. The monoisotopic (exact) mass is 317 g/mol. The van der Waals surface area contributed by atoms with Crippen LogP contribution in [0.1, 0.15) is 12.8 Å². The Hall–Kier alpha value is -1.14. The van der Waals surface area contributed by atoms with E-state index in [1.807, 2.05) is 0 Å². The molecule has 1 unspecified atom stereocenters. The third-order valence-electron chi connectivity index (χ3n) is 2.36. The Morgan fingerprint density at radius 1 is 1.53 bits per heavy atom. The minimum atomic E-state index is -0.447. The summed E-state index contributed by atoms with van der Waals surface area (Å²) in [5.74, 6) is -0.0371. The van der Waals surface area contributed by atoms with Gasteiger partial charge in [0, 0.05) is 12.6 Å². The number of aromatic nitrogens is 1. The van der Waals surface area contributed by atoms with Crippen LogP contribution in [0.2, 0.25) is 5.02 Å². The summed E-state index contributed by atoms with van der Waals surface area (Å²) < 4.78 is 0.676. The maximum atomic E-state index is 11.5. The van der Waals surface area contributed by atoms with Gasteiger partial charge in [0.1, 0.15) is 11.9 Å². The molecule has 1 aromatic rings. The van der Waals surface area contributed by atoms with Crippen molar-refractivity contribution in [3.05, 3.63) is 21.8 Å². The lowest BCUT2D eigenvalue weighted by Gasteiger charge is -2.22. The largest absolute Gasteiger partial charge is 0.357 e. The molecule has 1 aliphatic rings. The molecule has 1 aliphatic heterocycles. The molecule has 0 aliphatic carbocycles. The van der Waals surface area contributed by atoms with E-state index in [4.69, 9.17) is 11.6 Å². The van der Waals surface area contributed by atoms with E-state index in [0.717, 1.165) is 0 Å². The highest BCUT2D eigenvalue weighted by atomic mass is 79.9. The molecule has 2 amide bonds. The molecule has 90 valence electrons. The number of hydrogen-bond donors (Lipinski definition) is 2. The number of amides is 2. The lowest BCUT2D eigenvalue weighted by Crippen LogP contribution is -2.47. The van der Waals surface area contributed by atoms with Gasteiger partial charge in [0.25, 0.3) is 0 Å². The van der Waals surface area contributed by atoms with Crippen LogP contribution in [0.25, 0.3) is 0 Å². The van der Waals surface area contributed by atoms with Crippen LogP contribution >= 0.6 is 27.5 Å². The summed E-state index contributed by atoms with van der Waals surface area (Å²) in [5.41, 5.74) is 0. The van der Waals surface area contributed by atoms with Crippen molar-refractivity contribution in [2.45, 2.75) is 18.9 Å². The summed E-state index contributed by atoms with van der Waals surface area (Å²) in [6, 6.07) is 1.24. The highest BCUT2D eigenvalue weighted by Crippen LogP contribution is 2.24. The highest BCUT2D eigenvalue weighted by molar-refractivity contribution is 9.10. The van der Waals surface area contributed by atoms with Crippen LogP contribution in [0.15, 0.2) is 16.7 Å². The zero-order valence-corrected chi connectivity index (χ0v) is 11.0. The van der Waals surface area contributed by atoms with Crippen molar-refractivity contribution < 1.29 is 9.59 Å². The van der Waals surface area contributed by atoms with Gasteiger partial charge >= 0.3 is 0 Å². The molecule has 7 heteroatoms. The van der Waals surface area contributed by atoms with Gasteiger partial charge in [-0.2, -0.15) is 0 Å². The Morgan fingerprint density at radius 3 is 2.94 bits per heavy atom. The molecule has 1 fully saturated rings. The predicted octanol–water partition coefficient (Wildman–Crippen LogP) is 1.71. The third-order valence-corrected chi connectivity index (χ3v) is 3.17. The molecular weight excluding hydrogens is 309 g/mol. The minimum Gasteiger partial charge on any atom is -0.357 e. The number of rotatable bonds is 2. The highest BCUT2D eigenvalue weighted by Gasteiger charge is 2.27. The van der Waals surface area contributed by atoms with Crippen molar-refractivity contribution >= 4 is 45.2 Å². The molecule has 5 nitrogen and oxygen atoms in total. The van der Waals surface area contributed by atoms with E-state index >= 15 is 0 Å². The first-order valence-corrected chi connectivity index (χ1v) is 6.14. The molecule has 0 saturated carbocycles. The van der Waals surface area contributed by atoms with Crippen LogP contribution in [0.3, 0.4) is 0 Å². The van der Waals surface area contributed by atoms with E-state index in [1.54, 1.807) is 6.07 Å². The molecule has 2 rings (SSSR count). The number of piperidine rings is 1. The van der Waals surface area contributed by atoms with Gasteiger partial charge in [-0.25, -0.2) is 4.98 Å². The van der Waals surface area contributed by atoms with Crippen molar-refractivity contribution in [2.24, 2.45) is 0 Å².